The fraction of sp³-hybridized carbons (Fsp3) is 0.318. The molecule has 0 N–H and O–H groups in total. The summed E-state index contributed by atoms with van der Waals surface area (Å²) < 4.78 is 11.3. The van der Waals surface area contributed by atoms with Gasteiger partial charge in [-0.2, -0.15) is 0 Å². The Morgan fingerprint density at radius 1 is 0.960 bits per heavy atom. The van der Waals surface area contributed by atoms with Gasteiger partial charge in [-0.3, -0.25) is 0 Å². The van der Waals surface area contributed by atoms with E-state index in [9.17, 15) is 4.79 Å². The second-order valence-electron chi connectivity index (χ2n) is 6.51. The zero-order valence-corrected chi connectivity index (χ0v) is 15.3. The quantitative estimate of drug-likeness (QED) is 0.588. The highest BCUT2D eigenvalue weighted by molar-refractivity contribution is 5.83. The number of hydrogen-bond donors (Lipinski definition) is 0. The Bertz CT molecular complexity index is 951. The van der Waals surface area contributed by atoms with Gasteiger partial charge in [-0.05, 0) is 61.6 Å². The molecule has 25 heavy (non-hydrogen) atoms. The standard InChI is InChI=1S/C22H24O3/c1-5-15-7-10-19(16(6-2)11-15)20-12-17-8-9-18(24-14(3)4)13-21(17)25-22(20)23/h7-14H,5-6H2,1-4H3. The van der Waals surface area contributed by atoms with Gasteiger partial charge in [-0.15, -0.1) is 0 Å². The highest BCUT2D eigenvalue weighted by Gasteiger charge is 2.12. The molecule has 130 valence electrons. The van der Waals surface area contributed by atoms with E-state index >= 15 is 0 Å². The molecular weight excluding hydrogens is 312 g/mol. The number of aryl methyl sites for hydroxylation is 2. The lowest BCUT2D eigenvalue weighted by molar-refractivity contribution is 0.242. The molecule has 0 atom stereocenters. The Hall–Kier alpha value is -2.55. The summed E-state index contributed by atoms with van der Waals surface area (Å²) in [5.41, 5.74) is 4.26. The smallest absolute Gasteiger partial charge is 0.344 e. The summed E-state index contributed by atoms with van der Waals surface area (Å²) in [7, 11) is 0. The molecule has 3 nitrogen and oxygen atoms in total. The average molecular weight is 336 g/mol. The minimum atomic E-state index is -0.312. The summed E-state index contributed by atoms with van der Waals surface area (Å²) in [4.78, 5) is 12.6. The molecule has 0 spiro atoms. The van der Waals surface area contributed by atoms with Gasteiger partial charge in [-0.25, -0.2) is 4.79 Å². The van der Waals surface area contributed by atoms with Crippen molar-refractivity contribution in [3.05, 3.63) is 64.0 Å². The van der Waals surface area contributed by atoms with E-state index < -0.39 is 0 Å². The molecule has 2 aromatic carbocycles. The third-order valence-corrected chi connectivity index (χ3v) is 4.33. The molecule has 0 fully saturated rings. The first kappa shape index (κ1) is 17.3. The summed E-state index contributed by atoms with van der Waals surface area (Å²) >= 11 is 0. The molecule has 3 heteroatoms. The lowest BCUT2D eigenvalue weighted by atomic mass is 9.95. The van der Waals surface area contributed by atoms with Crippen LogP contribution < -0.4 is 10.4 Å². The maximum atomic E-state index is 12.6. The molecule has 0 aliphatic carbocycles. The maximum Gasteiger partial charge on any atom is 0.344 e. The van der Waals surface area contributed by atoms with Crippen LogP contribution in [0, 0.1) is 0 Å². The Morgan fingerprint density at radius 2 is 1.76 bits per heavy atom. The van der Waals surface area contributed by atoms with Crippen LogP contribution in [0.2, 0.25) is 0 Å². The van der Waals surface area contributed by atoms with Gasteiger partial charge >= 0.3 is 5.63 Å². The van der Waals surface area contributed by atoms with E-state index in [1.807, 2.05) is 38.1 Å². The number of hydrogen-bond acceptors (Lipinski definition) is 3. The Balaban J connectivity index is 2.12. The van der Waals surface area contributed by atoms with Crippen molar-refractivity contribution in [2.75, 3.05) is 0 Å². The fourth-order valence-corrected chi connectivity index (χ4v) is 3.05. The van der Waals surface area contributed by atoms with Gasteiger partial charge in [0, 0.05) is 11.5 Å². The normalized spacial score (nSPS) is 11.2. The topological polar surface area (TPSA) is 39.4 Å². The van der Waals surface area contributed by atoms with Crippen molar-refractivity contribution in [1.29, 1.82) is 0 Å². The number of fused-ring (bicyclic) bond motifs is 1. The largest absolute Gasteiger partial charge is 0.491 e. The van der Waals surface area contributed by atoms with Gasteiger partial charge in [0.25, 0.3) is 0 Å². The molecular formula is C22H24O3. The van der Waals surface area contributed by atoms with E-state index in [0.717, 1.165) is 23.8 Å². The van der Waals surface area contributed by atoms with E-state index in [1.165, 1.54) is 11.1 Å². The molecule has 0 saturated heterocycles. The third-order valence-electron chi connectivity index (χ3n) is 4.33. The van der Waals surface area contributed by atoms with E-state index in [2.05, 4.69) is 26.0 Å². The Kier molecular flexibility index (Phi) is 4.93. The van der Waals surface area contributed by atoms with Crippen LogP contribution in [-0.4, -0.2) is 6.10 Å². The van der Waals surface area contributed by atoms with Crippen molar-refractivity contribution in [1.82, 2.24) is 0 Å². The van der Waals surface area contributed by atoms with Crippen LogP contribution in [0.25, 0.3) is 22.1 Å². The van der Waals surface area contributed by atoms with Crippen LogP contribution in [0.1, 0.15) is 38.8 Å². The zero-order chi connectivity index (χ0) is 18.0. The first-order valence-electron chi connectivity index (χ1n) is 8.88. The summed E-state index contributed by atoms with van der Waals surface area (Å²) in [5, 5.41) is 0.896. The molecule has 0 aliphatic rings. The second kappa shape index (κ2) is 7.14. The maximum absolute atomic E-state index is 12.6. The minimum absolute atomic E-state index is 0.0765. The molecule has 3 rings (SSSR count). The number of ether oxygens (including phenoxy) is 1. The first-order chi connectivity index (χ1) is 12.0. The van der Waals surface area contributed by atoms with E-state index in [-0.39, 0.29) is 11.7 Å². The predicted molar refractivity (Wildman–Crippen MR) is 102 cm³/mol. The van der Waals surface area contributed by atoms with Gasteiger partial charge in [0.05, 0.1) is 11.7 Å². The number of rotatable bonds is 5. The summed E-state index contributed by atoms with van der Waals surface area (Å²) in [6.07, 6.45) is 1.94. The van der Waals surface area contributed by atoms with Crippen LogP contribution in [-0.2, 0) is 12.8 Å². The Labute approximate surface area is 148 Å². The molecule has 1 heterocycles. The van der Waals surface area contributed by atoms with Crippen molar-refractivity contribution in [2.24, 2.45) is 0 Å². The first-order valence-corrected chi connectivity index (χ1v) is 8.88. The SMILES string of the molecule is CCc1ccc(-c2cc3ccc(OC(C)C)cc3oc2=O)c(CC)c1. The summed E-state index contributed by atoms with van der Waals surface area (Å²) in [6.45, 7) is 8.18. The monoisotopic (exact) mass is 336 g/mol. The zero-order valence-electron chi connectivity index (χ0n) is 15.3. The molecule has 1 aromatic heterocycles. The molecule has 0 aliphatic heterocycles. The lowest BCUT2D eigenvalue weighted by Crippen LogP contribution is -2.07. The Morgan fingerprint density at radius 3 is 2.44 bits per heavy atom. The van der Waals surface area contributed by atoms with E-state index in [1.54, 1.807) is 6.07 Å². The highest BCUT2D eigenvalue weighted by atomic mass is 16.5. The van der Waals surface area contributed by atoms with Gasteiger partial charge in [0.1, 0.15) is 11.3 Å². The fourth-order valence-electron chi connectivity index (χ4n) is 3.05. The van der Waals surface area contributed by atoms with Crippen LogP contribution in [0.4, 0.5) is 0 Å². The van der Waals surface area contributed by atoms with Gasteiger partial charge < -0.3 is 9.15 Å². The van der Waals surface area contributed by atoms with Crippen LogP contribution >= 0.6 is 0 Å². The molecule has 3 aromatic rings. The third kappa shape index (κ3) is 3.60. The van der Waals surface area contributed by atoms with Crippen molar-refractivity contribution < 1.29 is 9.15 Å². The van der Waals surface area contributed by atoms with Gasteiger partial charge in [-0.1, -0.05) is 32.0 Å². The predicted octanol–water partition coefficient (Wildman–Crippen LogP) is 5.37. The van der Waals surface area contributed by atoms with Crippen molar-refractivity contribution in [2.45, 2.75) is 46.6 Å². The number of benzene rings is 2. The van der Waals surface area contributed by atoms with Crippen LogP contribution in [0.5, 0.6) is 5.75 Å². The average Bonchev–Trinajstić information content (AvgIpc) is 2.60. The minimum Gasteiger partial charge on any atom is -0.491 e. The van der Waals surface area contributed by atoms with Gasteiger partial charge in [0.15, 0.2) is 0 Å². The van der Waals surface area contributed by atoms with Crippen molar-refractivity contribution >= 4 is 11.0 Å². The lowest BCUT2D eigenvalue weighted by Gasteiger charge is -2.11. The molecule has 0 amide bonds. The van der Waals surface area contributed by atoms with Crippen molar-refractivity contribution in [3.63, 3.8) is 0 Å². The second-order valence-corrected chi connectivity index (χ2v) is 6.51. The highest BCUT2D eigenvalue weighted by Crippen LogP contribution is 2.28. The van der Waals surface area contributed by atoms with E-state index in [4.69, 9.17) is 9.15 Å². The summed E-state index contributed by atoms with van der Waals surface area (Å²) in [6, 6.07) is 13.8. The van der Waals surface area contributed by atoms with Crippen LogP contribution in [0.3, 0.4) is 0 Å². The molecule has 0 radical (unpaired) electrons. The van der Waals surface area contributed by atoms with Crippen molar-refractivity contribution in [3.8, 4) is 16.9 Å². The van der Waals surface area contributed by atoms with E-state index in [0.29, 0.717) is 16.9 Å². The molecule has 0 saturated carbocycles. The van der Waals surface area contributed by atoms with Gasteiger partial charge in [0.2, 0.25) is 0 Å². The van der Waals surface area contributed by atoms with Crippen LogP contribution in [0.15, 0.2) is 51.7 Å². The molecule has 0 bridgehead atoms. The summed E-state index contributed by atoms with van der Waals surface area (Å²) in [5.74, 6) is 0.708. The molecule has 0 unspecified atom stereocenters.